The molecule has 3 N–H and O–H groups in total. The molecule has 0 atom stereocenters. The summed E-state index contributed by atoms with van der Waals surface area (Å²) in [5.41, 5.74) is 5.25. The lowest BCUT2D eigenvalue weighted by atomic mass is 10.1. The number of aliphatic hydroxyl groups is 1. The van der Waals surface area contributed by atoms with Crippen molar-refractivity contribution in [3.05, 3.63) is 35.8 Å². The number of pyridine rings is 1. The van der Waals surface area contributed by atoms with Gasteiger partial charge in [-0.3, -0.25) is 0 Å². The summed E-state index contributed by atoms with van der Waals surface area (Å²) >= 11 is 0. The largest absolute Gasteiger partial charge is 0.411 e. The van der Waals surface area contributed by atoms with Crippen LogP contribution in [0.15, 0.2) is 24.4 Å². The molecule has 88 valence electrons. The van der Waals surface area contributed by atoms with Crippen LogP contribution in [0.3, 0.4) is 0 Å². The molecule has 0 spiro atoms. The highest BCUT2D eigenvalue weighted by Gasteiger charge is 2.07. The Morgan fingerprint density at radius 1 is 1.47 bits per heavy atom. The van der Waals surface area contributed by atoms with Crippen LogP contribution in [-0.4, -0.2) is 16.2 Å². The summed E-state index contributed by atoms with van der Waals surface area (Å²) in [6.07, 6.45) is 0.397. The summed E-state index contributed by atoms with van der Waals surface area (Å²) in [5.74, 6) is -0.503. The van der Waals surface area contributed by atoms with Crippen LogP contribution < -0.4 is 10.5 Å². The first-order valence-electron chi connectivity index (χ1n) is 4.76. The molecule has 1 amide bonds. The monoisotopic (exact) mass is 236 g/mol. The summed E-state index contributed by atoms with van der Waals surface area (Å²) in [7, 11) is 0. The lowest BCUT2D eigenvalue weighted by Crippen LogP contribution is -2.16. The molecule has 0 fully saturated rings. The van der Waals surface area contributed by atoms with E-state index in [1.807, 2.05) is 0 Å². The smallest absolute Gasteiger partial charge is 0.392 e. The normalized spacial score (nSPS) is 10.5. The Morgan fingerprint density at radius 3 is 2.88 bits per heavy atom. The molecule has 0 saturated heterocycles. The SMILES string of the molecule is NC(=O)Oc1cc2cc(F)cc(CO)c2cn1. The third-order valence-corrected chi connectivity index (χ3v) is 2.24. The predicted octanol–water partition coefficient (Wildman–Crippen LogP) is 1.32. The average molecular weight is 236 g/mol. The van der Waals surface area contributed by atoms with Crippen molar-refractivity contribution >= 4 is 16.9 Å². The molecule has 1 heterocycles. The molecular weight excluding hydrogens is 227 g/mol. The predicted molar refractivity (Wildman–Crippen MR) is 57.8 cm³/mol. The van der Waals surface area contributed by atoms with E-state index in [9.17, 15) is 9.18 Å². The van der Waals surface area contributed by atoms with Gasteiger partial charge in [-0.1, -0.05) is 0 Å². The number of nitrogens with two attached hydrogens (primary N) is 1. The molecular formula is C11H9FN2O3. The van der Waals surface area contributed by atoms with Crippen LogP contribution in [-0.2, 0) is 6.61 Å². The first-order valence-corrected chi connectivity index (χ1v) is 4.76. The summed E-state index contributed by atoms with van der Waals surface area (Å²) in [5, 5.41) is 10.1. The number of benzene rings is 1. The first-order chi connectivity index (χ1) is 8.10. The van der Waals surface area contributed by atoms with Gasteiger partial charge in [0, 0.05) is 17.6 Å². The van der Waals surface area contributed by atoms with Crippen molar-refractivity contribution in [2.24, 2.45) is 5.73 Å². The number of hydrogen-bond donors (Lipinski definition) is 2. The van der Waals surface area contributed by atoms with E-state index in [1.165, 1.54) is 24.4 Å². The average Bonchev–Trinajstić information content (AvgIpc) is 2.26. The van der Waals surface area contributed by atoms with Gasteiger partial charge in [0.25, 0.3) is 0 Å². The molecule has 6 heteroatoms. The fraction of sp³-hybridized carbons (Fsp3) is 0.0909. The van der Waals surface area contributed by atoms with Crippen LogP contribution in [0.5, 0.6) is 5.88 Å². The molecule has 0 bridgehead atoms. The Hall–Kier alpha value is -2.21. The lowest BCUT2D eigenvalue weighted by Gasteiger charge is -2.06. The Balaban J connectivity index is 2.57. The summed E-state index contributed by atoms with van der Waals surface area (Å²) in [6, 6.07) is 3.85. The number of rotatable bonds is 2. The Morgan fingerprint density at radius 2 is 2.24 bits per heavy atom. The summed E-state index contributed by atoms with van der Waals surface area (Å²) in [6.45, 7) is -0.300. The van der Waals surface area contributed by atoms with E-state index >= 15 is 0 Å². The van der Waals surface area contributed by atoms with Gasteiger partial charge in [-0.2, -0.15) is 0 Å². The van der Waals surface area contributed by atoms with E-state index in [0.717, 1.165) is 0 Å². The maximum atomic E-state index is 13.2. The van der Waals surface area contributed by atoms with Crippen molar-refractivity contribution in [2.45, 2.75) is 6.61 Å². The van der Waals surface area contributed by atoms with E-state index in [1.54, 1.807) is 0 Å². The molecule has 0 saturated carbocycles. The zero-order valence-electron chi connectivity index (χ0n) is 8.68. The highest BCUT2D eigenvalue weighted by Crippen LogP contribution is 2.23. The molecule has 0 aliphatic carbocycles. The number of amides is 1. The quantitative estimate of drug-likeness (QED) is 0.823. The van der Waals surface area contributed by atoms with Gasteiger partial charge < -0.3 is 15.6 Å². The molecule has 1 aromatic carbocycles. The number of carbonyl (C=O) groups is 1. The topological polar surface area (TPSA) is 85.4 Å². The molecule has 0 unspecified atom stereocenters. The second-order valence-electron chi connectivity index (χ2n) is 3.39. The van der Waals surface area contributed by atoms with Crippen molar-refractivity contribution in [1.82, 2.24) is 4.98 Å². The maximum absolute atomic E-state index is 13.2. The van der Waals surface area contributed by atoms with Gasteiger partial charge in [-0.05, 0) is 23.1 Å². The van der Waals surface area contributed by atoms with E-state index in [-0.39, 0.29) is 12.5 Å². The van der Waals surface area contributed by atoms with E-state index < -0.39 is 11.9 Å². The zero-order chi connectivity index (χ0) is 12.4. The van der Waals surface area contributed by atoms with Crippen LogP contribution in [0.2, 0.25) is 0 Å². The fourth-order valence-corrected chi connectivity index (χ4v) is 1.56. The fourth-order valence-electron chi connectivity index (χ4n) is 1.56. The van der Waals surface area contributed by atoms with Gasteiger partial charge in [0.1, 0.15) is 5.82 Å². The Bertz CT molecular complexity index is 586. The summed E-state index contributed by atoms with van der Waals surface area (Å²) in [4.78, 5) is 14.4. The van der Waals surface area contributed by atoms with Crippen molar-refractivity contribution in [3.8, 4) is 5.88 Å². The minimum atomic E-state index is -0.990. The number of halogens is 1. The molecule has 0 radical (unpaired) electrons. The molecule has 2 rings (SSSR count). The van der Waals surface area contributed by atoms with Crippen LogP contribution in [0, 0.1) is 5.82 Å². The minimum Gasteiger partial charge on any atom is -0.392 e. The van der Waals surface area contributed by atoms with Gasteiger partial charge in [0.2, 0.25) is 5.88 Å². The number of carbonyl (C=O) groups excluding carboxylic acids is 1. The highest BCUT2D eigenvalue weighted by atomic mass is 19.1. The van der Waals surface area contributed by atoms with Gasteiger partial charge in [-0.15, -0.1) is 0 Å². The zero-order valence-corrected chi connectivity index (χ0v) is 8.68. The second kappa shape index (κ2) is 4.34. The molecule has 5 nitrogen and oxygen atoms in total. The molecule has 17 heavy (non-hydrogen) atoms. The van der Waals surface area contributed by atoms with Crippen molar-refractivity contribution in [3.63, 3.8) is 0 Å². The van der Waals surface area contributed by atoms with Crippen LogP contribution in [0.1, 0.15) is 5.56 Å². The third kappa shape index (κ3) is 2.31. The van der Waals surface area contributed by atoms with E-state index in [2.05, 4.69) is 9.72 Å². The van der Waals surface area contributed by atoms with Gasteiger partial charge in [0.15, 0.2) is 0 Å². The van der Waals surface area contributed by atoms with E-state index in [4.69, 9.17) is 10.8 Å². The number of fused-ring (bicyclic) bond motifs is 1. The maximum Gasteiger partial charge on any atom is 0.411 e. The van der Waals surface area contributed by atoms with Crippen LogP contribution in [0.25, 0.3) is 10.8 Å². The van der Waals surface area contributed by atoms with Crippen molar-refractivity contribution in [2.75, 3.05) is 0 Å². The van der Waals surface area contributed by atoms with Gasteiger partial charge >= 0.3 is 6.09 Å². The second-order valence-corrected chi connectivity index (χ2v) is 3.39. The standard InChI is InChI=1S/C11H9FN2O3/c12-8-1-6-3-10(17-11(13)16)14-4-9(6)7(2-8)5-15/h1-4,15H,5H2,(H2,13,16). The Kier molecular flexibility index (Phi) is 2.88. The van der Waals surface area contributed by atoms with Crippen molar-refractivity contribution < 1.29 is 19.0 Å². The first kappa shape index (κ1) is 11.3. The highest BCUT2D eigenvalue weighted by molar-refractivity contribution is 5.86. The summed E-state index contributed by atoms with van der Waals surface area (Å²) < 4.78 is 17.8. The number of ether oxygens (including phenoxy) is 1. The minimum absolute atomic E-state index is 0.0144. The number of aromatic nitrogens is 1. The molecule has 1 aromatic heterocycles. The molecule has 2 aromatic rings. The number of primary amides is 1. The van der Waals surface area contributed by atoms with Crippen molar-refractivity contribution in [1.29, 1.82) is 0 Å². The van der Waals surface area contributed by atoms with Crippen LogP contribution >= 0.6 is 0 Å². The van der Waals surface area contributed by atoms with E-state index in [0.29, 0.717) is 16.3 Å². The lowest BCUT2D eigenvalue weighted by molar-refractivity contribution is 0.209. The van der Waals surface area contributed by atoms with Crippen LogP contribution in [0.4, 0.5) is 9.18 Å². The molecule has 0 aliphatic rings. The number of nitrogens with zero attached hydrogens (tertiary/aromatic N) is 1. The van der Waals surface area contributed by atoms with Gasteiger partial charge in [0.05, 0.1) is 6.61 Å². The Labute approximate surface area is 95.6 Å². The van der Waals surface area contributed by atoms with Gasteiger partial charge in [-0.25, -0.2) is 14.2 Å². The molecule has 0 aliphatic heterocycles. The third-order valence-electron chi connectivity index (χ3n) is 2.24. The number of hydrogen-bond acceptors (Lipinski definition) is 4. The number of aliphatic hydroxyl groups excluding tert-OH is 1.